The van der Waals surface area contributed by atoms with E-state index in [9.17, 15) is 0 Å². The van der Waals surface area contributed by atoms with Gasteiger partial charge in [-0.15, -0.1) is 0 Å². The maximum Gasteiger partial charge on any atom is 0.229 e. The molecular formula is C25H23ClN6O. The van der Waals surface area contributed by atoms with Gasteiger partial charge in [-0.3, -0.25) is 0 Å². The summed E-state index contributed by atoms with van der Waals surface area (Å²) in [5.41, 5.74) is 5.37. The summed E-state index contributed by atoms with van der Waals surface area (Å²) in [4.78, 5) is 13.9. The molecular weight excluding hydrogens is 436 g/mol. The third-order valence-electron chi connectivity index (χ3n) is 6.17. The topological polar surface area (TPSA) is 76.9 Å². The Balaban J connectivity index is 1.40. The standard InChI is InChI=1S/C25H23ClN6O/c26-22-14-32(15-28-22)20-10-7-17-13-21(20)33-12-4-11-27-24-19-9-8-18(16-5-2-1-3-6-16)23(19)30-25(29-17)31-24/h1-3,5-7,10,13-15,18H,4,8-9,11-12H2,(H2,27,29,30,31). The molecule has 0 amide bonds. The number of anilines is 3. The average molecular weight is 459 g/mol. The average Bonchev–Trinajstić information content (AvgIpc) is 3.45. The van der Waals surface area contributed by atoms with E-state index in [1.165, 1.54) is 11.1 Å². The number of imidazole rings is 1. The van der Waals surface area contributed by atoms with Crippen LogP contribution < -0.4 is 15.4 Å². The minimum Gasteiger partial charge on any atom is -0.491 e. The highest BCUT2D eigenvalue weighted by atomic mass is 35.5. The third kappa shape index (κ3) is 3.89. The van der Waals surface area contributed by atoms with E-state index < -0.39 is 0 Å². The lowest BCUT2D eigenvalue weighted by atomic mass is 9.97. The molecule has 2 aromatic carbocycles. The summed E-state index contributed by atoms with van der Waals surface area (Å²) < 4.78 is 8.00. The molecule has 0 radical (unpaired) electrons. The minimum atomic E-state index is 0.283. The SMILES string of the molecule is Clc1cn(-c2ccc3cc2OCCCNc2nc(nc4c2CCC4c2ccccc2)N3)cn1. The second kappa shape index (κ2) is 8.41. The van der Waals surface area contributed by atoms with Crippen LogP contribution in [0, 0.1) is 0 Å². The Labute approximate surface area is 196 Å². The first-order valence-electron chi connectivity index (χ1n) is 11.2. The summed E-state index contributed by atoms with van der Waals surface area (Å²) in [6, 6.07) is 16.6. The van der Waals surface area contributed by atoms with Crippen molar-refractivity contribution in [2.75, 3.05) is 23.8 Å². The van der Waals surface area contributed by atoms with Crippen LogP contribution in [0.4, 0.5) is 17.5 Å². The number of aromatic nitrogens is 4. The molecule has 0 spiro atoms. The fourth-order valence-electron chi connectivity index (χ4n) is 4.61. The van der Waals surface area contributed by atoms with Crippen LogP contribution in [0.1, 0.15) is 35.6 Å². The molecule has 2 aromatic heterocycles. The Bertz CT molecular complexity index is 1310. The van der Waals surface area contributed by atoms with Crippen molar-refractivity contribution in [2.24, 2.45) is 0 Å². The fraction of sp³-hybridized carbons (Fsp3) is 0.240. The van der Waals surface area contributed by atoms with Crippen LogP contribution in [0.5, 0.6) is 5.75 Å². The van der Waals surface area contributed by atoms with Crippen molar-refractivity contribution in [1.29, 1.82) is 0 Å². The van der Waals surface area contributed by atoms with E-state index in [0.29, 0.717) is 17.7 Å². The first-order chi connectivity index (χ1) is 16.2. The molecule has 1 aliphatic heterocycles. The number of hydrogen-bond donors (Lipinski definition) is 2. The summed E-state index contributed by atoms with van der Waals surface area (Å²) in [7, 11) is 0. The van der Waals surface area contributed by atoms with Crippen LogP contribution in [0.2, 0.25) is 5.15 Å². The number of nitrogens with one attached hydrogen (secondary N) is 2. The van der Waals surface area contributed by atoms with E-state index in [2.05, 4.69) is 45.9 Å². The number of halogens is 1. The molecule has 1 unspecified atom stereocenters. The maximum atomic E-state index is 6.13. The zero-order valence-electron chi connectivity index (χ0n) is 18.0. The molecule has 8 heteroatoms. The van der Waals surface area contributed by atoms with Crippen molar-refractivity contribution in [2.45, 2.75) is 25.2 Å². The van der Waals surface area contributed by atoms with Gasteiger partial charge in [0.15, 0.2) is 0 Å². The minimum absolute atomic E-state index is 0.283. The molecule has 0 fully saturated rings. The van der Waals surface area contributed by atoms with Gasteiger partial charge in [0.1, 0.15) is 23.0 Å². The van der Waals surface area contributed by atoms with Crippen LogP contribution >= 0.6 is 11.6 Å². The normalized spacial score (nSPS) is 17.1. The van der Waals surface area contributed by atoms with Gasteiger partial charge in [-0.05, 0) is 37.0 Å². The van der Waals surface area contributed by atoms with Crippen LogP contribution in [-0.4, -0.2) is 32.7 Å². The van der Waals surface area contributed by atoms with Crippen LogP contribution in [0.3, 0.4) is 0 Å². The van der Waals surface area contributed by atoms with Crippen LogP contribution in [0.15, 0.2) is 61.1 Å². The van der Waals surface area contributed by atoms with E-state index >= 15 is 0 Å². The van der Waals surface area contributed by atoms with Gasteiger partial charge in [0, 0.05) is 36.0 Å². The molecule has 2 aliphatic rings. The molecule has 0 saturated carbocycles. The lowest BCUT2D eigenvalue weighted by Crippen LogP contribution is -2.14. The number of ether oxygens (including phenoxy) is 1. The molecule has 4 aromatic rings. The molecule has 2 N–H and O–H groups in total. The molecule has 6 rings (SSSR count). The second-order valence-corrected chi connectivity index (χ2v) is 8.69. The largest absolute Gasteiger partial charge is 0.491 e. The predicted molar refractivity (Wildman–Crippen MR) is 129 cm³/mol. The van der Waals surface area contributed by atoms with Crippen LogP contribution in [0.25, 0.3) is 5.69 Å². The predicted octanol–water partition coefficient (Wildman–Crippen LogP) is 5.33. The first kappa shape index (κ1) is 20.1. The molecule has 1 atom stereocenters. The molecule has 4 bridgehead atoms. The van der Waals surface area contributed by atoms with Crippen molar-refractivity contribution in [1.82, 2.24) is 19.5 Å². The van der Waals surface area contributed by atoms with Gasteiger partial charge in [-0.1, -0.05) is 41.9 Å². The third-order valence-corrected chi connectivity index (χ3v) is 6.37. The maximum absolute atomic E-state index is 6.13. The van der Waals surface area contributed by atoms with Crippen molar-refractivity contribution < 1.29 is 4.74 Å². The summed E-state index contributed by atoms with van der Waals surface area (Å²) >= 11 is 6.03. The molecule has 7 nitrogen and oxygen atoms in total. The number of nitrogens with zero attached hydrogens (tertiary/aromatic N) is 4. The Morgan fingerprint density at radius 1 is 1.09 bits per heavy atom. The monoisotopic (exact) mass is 458 g/mol. The molecule has 3 heterocycles. The molecule has 1 aliphatic carbocycles. The number of hydrogen-bond acceptors (Lipinski definition) is 6. The summed E-state index contributed by atoms with van der Waals surface area (Å²) in [5.74, 6) is 2.54. The van der Waals surface area contributed by atoms with E-state index in [-0.39, 0.29) is 5.92 Å². The van der Waals surface area contributed by atoms with Crippen molar-refractivity contribution in [3.63, 3.8) is 0 Å². The van der Waals surface area contributed by atoms with Gasteiger partial charge >= 0.3 is 0 Å². The van der Waals surface area contributed by atoms with Gasteiger partial charge < -0.3 is 19.9 Å². The smallest absolute Gasteiger partial charge is 0.229 e. The zero-order chi connectivity index (χ0) is 22.2. The van der Waals surface area contributed by atoms with Gasteiger partial charge in [0.05, 0.1) is 18.0 Å². The van der Waals surface area contributed by atoms with Crippen molar-refractivity contribution >= 4 is 29.1 Å². The zero-order valence-corrected chi connectivity index (χ0v) is 18.7. The Morgan fingerprint density at radius 3 is 2.85 bits per heavy atom. The van der Waals surface area contributed by atoms with Gasteiger partial charge in [-0.2, -0.15) is 4.98 Å². The Morgan fingerprint density at radius 2 is 2.00 bits per heavy atom. The van der Waals surface area contributed by atoms with Crippen molar-refractivity contribution in [3.8, 4) is 11.4 Å². The van der Waals surface area contributed by atoms with Crippen molar-refractivity contribution in [3.05, 3.63) is 83.0 Å². The summed E-state index contributed by atoms with van der Waals surface area (Å²) in [6.45, 7) is 1.35. The second-order valence-electron chi connectivity index (χ2n) is 8.30. The van der Waals surface area contributed by atoms with E-state index in [4.69, 9.17) is 26.3 Å². The number of fused-ring (bicyclic) bond motifs is 6. The Hall–Kier alpha value is -3.58. The van der Waals surface area contributed by atoms with E-state index in [0.717, 1.165) is 54.4 Å². The lowest BCUT2D eigenvalue weighted by Gasteiger charge is -2.18. The summed E-state index contributed by atoms with van der Waals surface area (Å²) in [5, 5.41) is 7.36. The molecule has 0 saturated heterocycles. The number of rotatable bonds is 2. The van der Waals surface area contributed by atoms with Gasteiger partial charge in [-0.25, -0.2) is 9.97 Å². The quantitative estimate of drug-likeness (QED) is 0.422. The highest BCUT2D eigenvalue weighted by molar-refractivity contribution is 6.29. The fourth-order valence-corrected chi connectivity index (χ4v) is 4.76. The lowest BCUT2D eigenvalue weighted by molar-refractivity contribution is 0.314. The molecule has 166 valence electrons. The summed E-state index contributed by atoms with van der Waals surface area (Å²) in [6.07, 6.45) is 6.31. The van der Waals surface area contributed by atoms with Gasteiger partial charge in [0.25, 0.3) is 0 Å². The first-order valence-corrected chi connectivity index (χ1v) is 11.6. The highest BCUT2D eigenvalue weighted by Crippen LogP contribution is 2.40. The van der Waals surface area contributed by atoms with Gasteiger partial charge in [0.2, 0.25) is 5.95 Å². The molecule has 33 heavy (non-hydrogen) atoms. The highest BCUT2D eigenvalue weighted by Gasteiger charge is 2.29. The van der Waals surface area contributed by atoms with Crippen LogP contribution in [-0.2, 0) is 6.42 Å². The Kier molecular flexibility index (Phi) is 5.11. The van der Waals surface area contributed by atoms with E-state index in [1.807, 2.05) is 22.8 Å². The van der Waals surface area contributed by atoms with E-state index in [1.54, 1.807) is 12.5 Å². The number of benzene rings is 2.